The second-order valence-corrected chi connectivity index (χ2v) is 9.49. The smallest absolute Gasteiger partial charge is 0.252 e. The Morgan fingerprint density at radius 2 is 1.73 bits per heavy atom. The molecule has 2 aromatic carbocycles. The molecule has 30 heavy (non-hydrogen) atoms. The number of sulfonamides is 1. The van der Waals surface area contributed by atoms with Gasteiger partial charge in [-0.25, -0.2) is 8.42 Å². The molecular formula is C19H19Cl3N2O5S. The Bertz CT molecular complexity index is 1010. The number of carbonyl (C=O) groups excluding carboxylic acids is 1. The molecule has 0 radical (unpaired) electrons. The number of hydrogen-bond acceptors (Lipinski definition) is 5. The Morgan fingerprint density at radius 1 is 1.07 bits per heavy atom. The zero-order chi connectivity index (χ0) is 21.7. The molecule has 0 aliphatic carbocycles. The van der Waals surface area contributed by atoms with Crippen LogP contribution in [0.1, 0.15) is 10.4 Å². The van der Waals surface area contributed by atoms with Crippen LogP contribution < -0.4 is 10.1 Å². The van der Waals surface area contributed by atoms with Crippen LogP contribution in [0.5, 0.6) is 5.75 Å². The molecule has 0 bridgehead atoms. The number of benzene rings is 2. The van der Waals surface area contributed by atoms with Gasteiger partial charge in [0.25, 0.3) is 5.91 Å². The molecule has 1 heterocycles. The Balaban J connectivity index is 1.68. The number of rotatable bonds is 7. The molecule has 1 amide bonds. The number of ether oxygens (including phenoxy) is 2. The van der Waals surface area contributed by atoms with Crippen LogP contribution in [0.2, 0.25) is 15.1 Å². The van der Waals surface area contributed by atoms with Gasteiger partial charge in [-0.05, 0) is 36.4 Å². The molecule has 1 fully saturated rings. The maximum absolute atomic E-state index is 12.9. The van der Waals surface area contributed by atoms with Crippen molar-refractivity contribution in [3.63, 3.8) is 0 Å². The van der Waals surface area contributed by atoms with E-state index in [1.54, 1.807) is 24.3 Å². The van der Waals surface area contributed by atoms with Gasteiger partial charge in [-0.15, -0.1) is 0 Å². The summed E-state index contributed by atoms with van der Waals surface area (Å²) in [6.07, 6.45) is 0. The molecule has 3 rings (SSSR count). The van der Waals surface area contributed by atoms with E-state index in [2.05, 4.69) is 5.32 Å². The highest BCUT2D eigenvalue weighted by molar-refractivity contribution is 7.89. The van der Waals surface area contributed by atoms with Crippen molar-refractivity contribution in [3.05, 3.63) is 57.0 Å². The molecule has 1 N–H and O–H groups in total. The lowest BCUT2D eigenvalue weighted by Gasteiger charge is -2.26. The molecule has 0 unspecified atom stereocenters. The number of morpholine rings is 1. The van der Waals surface area contributed by atoms with Crippen molar-refractivity contribution in [3.8, 4) is 5.75 Å². The van der Waals surface area contributed by atoms with Crippen LogP contribution in [0.4, 0.5) is 0 Å². The van der Waals surface area contributed by atoms with Crippen molar-refractivity contribution in [1.82, 2.24) is 9.62 Å². The lowest BCUT2D eigenvalue weighted by molar-refractivity contribution is 0.0730. The first-order valence-corrected chi connectivity index (χ1v) is 11.6. The maximum Gasteiger partial charge on any atom is 0.252 e. The number of carbonyl (C=O) groups is 1. The zero-order valence-electron chi connectivity index (χ0n) is 15.7. The van der Waals surface area contributed by atoms with Crippen molar-refractivity contribution >= 4 is 50.7 Å². The van der Waals surface area contributed by atoms with Gasteiger partial charge in [-0.3, -0.25) is 4.79 Å². The van der Waals surface area contributed by atoms with Crippen molar-refractivity contribution in [2.75, 3.05) is 39.5 Å². The van der Waals surface area contributed by atoms with Gasteiger partial charge in [0.15, 0.2) is 0 Å². The second kappa shape index (κ2) is 10.2. The van der Waals surface area contributed by atoms with Crippen molar-refractivity contribution in [2.45, 2.75) is 4.90 Å². The molecular weight excluding hydrogens is 475 g/mol. The Kier molecular flexibility index (Phi) is 7.84. The third-order valence-electron chi connectivity index (χ3n) is 4.32. The highest BCUT2D eigenvalue weighted by Gasteiger charge is 2.30. The average Bonchev–Trinajstić information content (AvgIpc) is 2.73. The first-order chi connectivity index (χ1) is 14.3. The van der Waals surface area contributed by atoms with Crippen LogP contribution >= 0.6 is 34.8 Å². The van der Waals surface area contributed by atoms with Gasteiger partial charge in [-0.1, -0.05) is 34.8 Å². The highest BCUT2D eigenvalue weighted by atomic mass is 35.5. The Labute approximate surface area is 189 Å². The summed E-state index contributed by atoms with van der Waals surface area (Å²) in [4.78, 5) is 12.4. The number of hydrogen-bond donors (Lipinski definition) is 1. The van der Waals surface area contributed by atoms with Crippen molar-refractivity contribution < 1.29 is 22.7 Å². The molecule has 1 aliphatic heterocycles. The summed E-state index contributed by atoms with van der Waals surface area (Å²) in [5.41, 5.74) is 0.0133. The first-order valence-electron chi connectivity index (χ1n) is 9.02. The van der Waals surface area contributed by atoms with E-state index in [4.69, 9.17) is 44.3 Å². The quantitative estimate of drug-likeness (QED) is 0.597. The molecule has 0 atom stereocenters. The summed E-state index contributed by atoms with van der Waals surface area (Å²) in [6, 6.07) is 9.27. The van der Waals surface area contributed by atoms with Gasteiger partial charge in [-0.2, -0.15) is 4.31 Å². The molecule has 7 nitrogen and oxygen atoms in total. The first kappa shape index (κ1) is 23.1. The normalized spacial score (nSPS) is 15.0. The summed E-state index contributed by atoms with van der Waals surface area (Å²) < 4.78 is 37.8. The summed E-state index contributed by atoms with van der Waals surface area (Å²) >= 11 is 18.1. The van der Waals surface area contributed by atoms with Crippen LogP contribution in [0, 0.1) is 0 Å². The van der Waals surface area contributed by atoms with E-state index in [-0.39, 0.29) is 46.7 Å². The van der Waals surface area contributed by atoms with E-state index in [1.165, 1.54) is 16.4 Å². The molecule has 1 aliphatic rings. The van der Waals surface area contributed by atoms with Crippen LogP contribution in [-0.2, 0) is 14.8 Å². The Hall–Kier alpha value is -1.55. The predicted molar refractivity (Wildman–Crippen MR) is 115 cm³/mol. The largest absolute Gasteiger partial charge is 0.492 e. The van der Waals surface area contributed by atoms with E-state index in [9.17, 15) is 13.2 Å². The lowest BCUT2D eigenvalue weighted by Crippen LogP contribution is -2.40. The standard InChI is InChI=1S/C19H19Cl3N2O5S/c20-13-1-3-14(4-2-13)29-8-5-23-19(25)15-11-18(17(22)12-16(15)21)30(26,27)24-6-9-28-10-7-24/h1-4,11-12H,5-10H2,(H,23,25). The molecule has 1 saturated heterocycles. The van der Waals surface area contributed by atoms with Crippen molar-refractivity contribution in [1.29, 1.82) is 0 Å². The number of amides is 1. The van der Waals surface area contributed by atoms with Crippen LogP contribution in [0.3, 0.4) is 0 Å². The summed E-state index contributed by atoms with van der Waals surface area (Å²) in [5.74, 6) is 0.0758. The summed E-state index contributed by atoms with van der Waals surface area (Å²) in [7, 11) is -3.88. The Morgan fingerprint density at radius 3 is 2.40 bits per heavy atom. The van der Waals surface area contributed by atoms with Crippen molar-refractivity contribution in [2.24, 2.45) is 0 Å². The average molecular weight is 494 g/mol. The van der Waals surface area contributed by atoms with Gasteiger partial charge in [0, 0.05) is 18.1 Å². The number of nitrogens with zero attached hydrogens (tertiary/aromatic N) is 1. The van der Waals surface area contributed by atoms with Crippen LogP contribution in [0.25, 0.3) is 0 Å². The van der Waals surface area contributed by atoms with E-state index >= 15 is 0 Å². The van der Waals surface area contributed by atoms with Gasteiger partial charge in [0.2, 0.25) is 10.0 Å². The maximum atomic E-state index is 12.9. The predicted octanol–water partition coefficient (Wildman–Crippen LogP) is 3.48. The van der Waals surface area contributed by atoms with E-state index in [0.29, 0.717) is 24.0 Å². The number of halogens is 3. The fourth-order valence-electron chi connectivity index (χ4n) is 2.79. The highest BCUT2D eigenvalue weighted by Crippen LogP contribution is 2.31. The number of nitrogens with one attached hydrogen (secondary N) is 1. The minimum atomic E-state index is -3.88. The van der Waals surface area contributed by atoms with Gasteiger partial charge in [0.1, 0.15) is 17.3 Å². The van der Waals surface area contributed by atoms with Gasteiger partial charge in [0.05, 0.1) is 35.4 Å². The zero-order valence-corrected chi connectivity index (χ0v) is 18.8. The molecule has 0 aromatic heterocycles. The summed E-state index contributed by atoms with van der Waals surface area (Å²) in [6.45, 7) is 1.41. The fraction of sp³-hybridized carbons (Fsp3) is 0.316. The lowest BCUT2D eigenvalue weighted by atomic mass is 10.2. The molecule has 162 valence electrons. The van der Waals surface area contributed by atoms with E-state index < -0.39 is 15.9 Å². The second-order valence-electron chi connectivity index (χ2n) is 6.34. The van der Waals surface area contributed by atoms with Crippen LogP contribution in [0.15, 0.2) is 41.3 Å². The third-order valence-corrected chi connectivity index (χ3v) is 7.25. The topological polar surface area (TPSA) is 84.9 Å². The van der Waals surface area contributed by atoms with Gasteiger partial charge >= 0.3 is 0 Å². The molecule has 11 heteroatoms. The molecule has 0 spiro atoms. The minimum absolute atomic E-state index is 0.0133. The van der Waals surface area contributed by atoms with E-state index in [0.717, 1.165) is 0 Å². The summed E-state index contributed by atoms with van der Waals surface area (Å²) in [5, 5.41) is 3.25. The SMILES string of the molecule is O=C(NCCOc1ccc(Cl)cc1)c1cc(S(=O)(=O)N2CCOCC2)c(Cl)cc1Cl. The molecule has 2 aromatic rings. The van der Waals surface area contributed by atoms with Gasteiger partial charge < -0.3 is 14.8 Å². The third kappa shape index (κ3) is 5.57. The van der Waals surface area contributed by atoms with Crippen LogP contribution in [-0.4, -0.2) is 58.1 Å². The molecule has 0 saturated carbocycles. The minimum Gasteiger partial charge on any atom is -0.492 e. The van der Waals surface area contributed by atoms with E-state index in [1.807, 2.05) is 0 Å². The fourth-order valence-corrected chi connectivity index (χ4v) is 5.15. The monoisotopic (exact) mass is 492 g/mol.